The molecule has 42 heavy (non-hydrogen) atoms. The number of hydrogen-bond donors (Lipinski definition) is 0. The molecule has 0 amide bonds. The Morgan fingerprint density at radius 2 is 1.17 bits per heavy atom. The first-order valence-electron chi connectivity index (χ1n) is 13.4. The summed E-state index contributed by atoms with van der Waals surface area (Å²) in [7, 11) is 5.95. The van der Waals surface area contributed by atoms with Crippen LogP contribution in [-0.2, 0) is 28.5 Å². The lowest BCUT2D eigenvalue weighted by Crippen LogP contribution is -2.45. The predicted molar refractivity (Wildman–Crippen MR) is 170 cm³/mol. The second kappa shape index (κ2) is 17.2. The molecule has 2 heterocycles. The van der Waals surface area contributed by atoms with Gasteiger partial charge in [0.25, 0.3) is 0 Å². The fraction of sp³-hybridized carbons (Fsp3) is 0.643. The van der Waals surface area contributed by atoms with Gasteiger partial charge in [-0.2, -0.15) is 0 Å². The van der Waals surface area contributed by atoms with Crippen molar-refractivity contribution in [3.8, 4) is 0 Å². The van der Waals surface area contributed by atoms with Crippen LogP contribution >= 0.6 is 57.4 Å². The largest absolute Gasteiger partial charge is 0.467 e. The van der Waals surface area contributed by atoms with Crippen molar-refractivity contribution in [1.29, 1.82) is 0 Å². The molecule has 2 aromatic heterocycles. The van der Waals surface area contributed by atoms with E-state index < -0.39 is 11.2 Å². The van der Waals surface area contributed by atoms with E-state index in [1.165, 1.54) is 14.2 Å². The van der Waals surface area contributed by atoms with Crippen LogP contribution in [0.5, 0.6) is 0 Å². The predicted octanol–water partition coefficient (Wildman–Crippen LogP) is 6.67. The molecule has 0 unspecified atom stereocenters. The maximum Gasteiger partial charge on any atom is 0.338 e. The van der Waals surface area contributed by atoms with Gasteiger partial charge < -0.3 is 18.9 Å². The monoisotopic (exact) mass is 758 g/mol. The van der Waals surface area contributed by atoms with Gasteiger partial charge in [0, 0.05) is 41.1 Å². The molecule has 2 fully saturated rings. The van der Waals surface area contributed by atoms with E-state index in [9.17, 15) is 9.59 Å². The Kier molecular flexibility index (Phi) is 15.1. The zero-order chi connectivity index (χ0) is 31.5. The van der Waals surface area contributed by atoms with E-state index in [4.69, 9.17) is 53.8 Å². The van der Waals surface area contributed by atoms with Crippen molar-refractivity contribution in [2.75, 3.05) is 28.4 Å². The van der Waals surface area contributed by atoms with Crippen molar-refractivity contribution in [3.05, 3.63) is 44.9 Å². The number of esters is 2. The minimum absolute atomic E-state index is 0.194. The molecule has 0 radical (unpaired) electrons. The van der Waals surface area contributed by atoms with E-state index in [1.54, 1.807) is 27.2 Å². The molecule has 0 aromatic carbocycles. The number of ether oxygens (including phenoxy) is 4. The van der Waals surface area contributed by atoms with Crippen LogP contribution in [0, 0.1) is 13.8 Å². The number of carbonyl (C=O) groups excluding carboxylic acids is 2. The van der Waals surface area contributed by atoms with Gasteiger partial charge in [0.1, 0.15) is 5.15 Å². The zero-order valence-electron chi connectivity index (χ0n) is 24.7. The second-order valence-corrected chi connectivity index (χ2v) is 13.0. The Balaban J connectivity index is 0.000000240. The Bertz CT molecular complexity index is 1120. The first-order valence-corrected chi connectivity index (χ1v) is 15.8. The number of alkyl halides is 1. The molecule has 0 atom stereocenters. The summed E-state index contributed by atoms with van der Waals surface area (Å²) in [4.78, 5) is 39.2. The summed E-state index contributed by atoms with van der Waals surface area (Å²) in [6.45, 7) is 3.70. The molecular weight excluding hydrogens is 722 g/mol. The van der Waals surface area contributed by atoms with E-state index in [2.05, 4.69) is 42.5 Å². The van der Waals surface area contributed by atoms with Crippen molar-refractivity contribution in [2.45, 2.75) is 86.3 Å². The number of aryl methyl sites for hydroxylation is 2. The van der Waals surface area contributed by atoms with Gasteiger partial charge >= 0.3 is 11.9 Å². The van der Waals surface area contributed by atoms with Gasteiger partial charge in [-0.1, -0.05) is 34.2 Å². The first-order chi connectivity index (χ1) is 19.8. The maximum atomic E-state index is 11.9. The van der Waals surface area contributed by atoms with Crippen LogP contribution in [0.1, 0.15) is 74.4 Å². The standard InChI is InChI=1S/C14H19ClN2O3.C9H15IO3.C5H4Cl2N2/c1-9-8-11(17-13(15)16-9)10-4-6-14(20-3,7-5-10)12(18)19-2;1-12-8(11)9(13-2)5-3-7(10)4-6-9;1-3-2-4(6)9-5(7)8-3/h8,10H,4-7H2,1-3H3;7H,3-6H2,1-2H3;2H,1H3. The SMILES string of the molecule is COC(=O)C1(OC)CCC(I)CC1.COC(=O)C1(OC)CCC(c2cc(C)nc(Cl)n2)CC1.Cc1cc(Cl)nc(Cl)n1. The summed E-state index contributed by atoms with van der Waals surface area (Å²) in [5, 5.41) is 0.851. The van der Waals surface area contributed by atoms with Gasteiger partial charge in [0.15, 0.2) is 11.2 Å². The van der Waals surface area contributed by atoms with Gasteiger partial charge in [0.2, 0.25) is 10.6 Å². The van der Waals surface area contributed by atoms with Gasteiger partial charge in [-0.05, 0) is 101 Å². The zero-order valence-corrected chi connectivity index (χ0v) is 29.1. The normalized spacial score (nSPS) is 25.2. The Hall–Kier alpha value is -1.38. The van der Waals surface area contributed by atoms with Crippen molar-refractivity contribution in [2.24, 2.45) is 0 Å². The lowest BCUT2D eigenvalue weighted by Gasteiger charge is -2.36. The number of hydrogen-bond acceptors (Lipinski definition) is 10. The number of rotatable bonds is 5. The summed E-state index contributed by atoms with van der Waals surface area (Å²) in [6.07, 6.45) is 6.51. The van der Waals surface area contributed by atoms with Crippen LogP contribution in [0.25, 0.3) is 0 Å². The molecular formula is C28H38Cl3IN4O6. The third-order valence-corrected chi connectivity index (χ3v) is 9.25. The van der Waals surface area contributed by atoms with Crippen molar-refractivity contribution >= 4 is 69.3 Å². The highest BCUT2D eigenvalue weighted by Crippen LogP contribution is 2.40. The van der Waals surface area contributed by atoms with Crippen molar-refractivity contribution in [3.63, 3.8) is 0 Å². The summed E-state index contributed by atoms with van der Waals surface area (Å²) in [5.74, 6) is -0.240. The van der Waals surface area contributed by atoms with Crippen LogP contribution in [0.15, 0.2) is 12.1 Å². The molecule has 4 rings (SSSR count). The fourth-order valence-corrected chi connectivity index (χ4v) is 6.40. The van der Waals surface area contributed by atoms with E-state index >= 15 is 0 Å². The molecule has 234 valence electrons. The summed E-state index contributed by atoms with van der Waals surface area (Å²) < 4.78 is 21.0. The summed E-state index contributed by atoms with van der Waals surface area (Å²) >= 11 is 19.3. The molecule has 0 aliphatic heterocycles. The lowest BCUT2D eigenvalue weighted by atomic mass is 9.77. The fourth-order valence-electron chi connectivity index (χ4n) is 5.04. The number of methoxy groups -OCH3 is 4. The third-order valence-electron chi connectivity index (χ3n) is 7.47. The second-order valence-electron chi connectivity index (χ2n) is 10.1. The molecule has 0 bridgehead atoms. The van der Waals surface area contributed by atoms with E-state index in [0.717, 1.165) is 55.6 Å². The quantitative estimate of drug-likeness (QED) is 0.107. The van der Waals surface area contributed by atoms with Crippen LogP contribution in [-0.4, -0.2) is 75.4 Å². The average Bonchev–Trinajstić information content (AvgIpc) is 2.96. The highest BCUT2D eigenvalue weighted by molar-refractivity contribution is 14.1. The van der Waals surface area contributed by atoms with E-state index in [1.807, 2.05) is 13.0 Å². The van der Waals surface area contributed by atoms with Crippen LogP contribution in [0.2, 0.25) is 15.7 Å². The van der Waals surface area contributed by atoms with E-state index in [-0.39, 0.29) is 28.4 Å². The van der Waals surface area contributed by atoms with Crippen molar-refractivity contribution < 1.29 is 28.5 Å². The Morgan fingerprint density at radius 3 is 1.55 bits per heavy atom. The van der Waals surface area contributed by atoms with Gasteiger partial charge in [-0.15, -0.1) is 0 Å². The third kappa shape index (κ3) is 10.4. The minimum Gasteiger partial charge on any atom is -0.467 e. The van der Waals surface area contributed by atoms with Gasteiger partial charge in [-0.25, -0.2) is 29.5 Å². The number of nitrogens with zero attached hydrogens (tertiary/aromatic N) is 4. The molecule has 2 aliphatic carbocycles. The number of halogens is 4. The number of carbonyl (C=O) groups is 2. The molecule has 2 saturated carbocycles. The smallest absolute Gasteiger partial charge is 0.338 e. The van der Waals surface area contributed by atoms with Crippen LogP contribution in [0.4, 0.5) is 0 Å². The van der Waals surface area contributed by atoms with E-state index in [0.29, 0.717) is 21.9 Å². The first kappa shape index (κ1) is 36.8. The van der Waals surface area contributed by atoms with Gasteiger partial charge in [-0.3, -0.25) is 0 Å². The van der Waals surface area contributed by atoms with Crippen LogP contribution < -0.4 is 0 Å². The molecule has 0 N–H and O–H groups in total. The minimum atomic E-state index is -0.808. The van der Waals surface area contributed by atoms with Crippen molar-refractivity contribution in [1.82, 2.24) is 19.9 Å². The Morgan fingerprint density at radius 1 is 0.738 bits per heavy atom. The molecule has 0 spiro atoms. The molecule has 2 aromatic rings. The summed E-state index contributed by atoms with van der Waals surface area (Å²) in [5.41, 5.74) is 1.11. The molecule has 2 aliphatic rings. The number of aromatic nitrogens is 4. The highest BCUT2D eigenvalue weighted by atomic mass is 127. The topological polar surface area (TPSA) is 123 Å². The molecule has 0 saturated heterocycles. The van der Waals surface area contributed by atoms with Gasteiger partial charge in [0.05, 0.1) is 14.2 Å². The lowest BCUT2D eigenvalue weighted by molar-refractivity contribution is -0.170. The highest BCUT2D eigenvalue weighted by Gasteiger charge is 2.44. The summed E-state index contributed by atoms with van der Waals surface area (Å²) in [6, 6.07) is 3.60. The molecule has 10 nitrogen and oxygen atoms in total. The Labute approximate surface area is 276 Å². The average molecular weight is 760 g/mol. The molecule has 14 heteroatoms. The maximum absolute atomic E-state index is 11.9. The van der Waals surface area contributed by atoms with Crippen LogP contribution in [0.3, 0.4) is 0 Å².